The van der Waals surface area contributed by atoms with Crippen LogP contribution in [0.5, 0.6) is 0 Å². The Morgan fingerprint density at radius 1 is 1.48 bits per heavy atom. The number of hydrogen-bond acceptors (Lipinski definition) is 6. The molecule has 1 aromatic rings. The van der Waals surface area contributed by atoms with Gasteiger partial charge in [0.05, 0.1) is 24.1 Å². The molecule has 0 atom stereocenters. The molecule has 1 aromatic heterocycles. The van der Waals surface area contributed by atoms with Gasteiger partial charge < -0.3 is 20.7 Å². The second kappa shape index (κ2) is 7.83. The zero-order valence-corrected chi connectivity index (χ0v) is 12.6. The molecular weight excluding hydrogens is 268 g/mol. The van der Waals surface area contributed by atoms with Gasteiger partial charge in [-0.25, -0.2) is 9.78 Å². The summed E-state index contributed by atoms with van der Waals surface area (Å²) in [6.45, 7) is 6.47. The molecule has 1 aliphatic heterocycles. The van der Waals surface area contributed by atoms with E-state index in [1.165, 1.54) is 32.1 Å². The fourth-order valence-electron chi connectivity index (χ4n) is 2.47. The number of likely N-dealkylation sites (tertiary alicyclic amines) is 1. The molecular formula is C15H24N4O2. The topological polar surface area (TPSA) is 80.5 Å². The van der Waals surface area contributed by atoms with Crippen LogP contribution >= 0.6 is 0 Å². The van der Waals surface area contributed by atoms with Crippen molar-refractivity contribution >= 4 is 17.5 Å². The van der Waals surface area contributed by atoms with E-state index in [0.717, 1.165) is 19.5 Å². The molecule has 0 radical (unpaired) electrons. The normalized spacial score (nSPS) is 15.1. The highest BCUT2D eigenvalue weighted by Gasteiger charge is 2.13. The standard InChI is InChI=1S/C15H24N4O2/c1-2-21-15(20)12-10-14(18-11-13(12)16)17-6-5-9-19-7-3-4-8-19/h10-11H,2-9,16H2,1H3,(H,17,18). The van der Waals surface area contributed by atoms with Crippen molar-refractivity contribution in [2.24, 2.45) is 0 Å². The Hall–Kier alpha value is -1.82. The highest BCUT2D eigenvalue weighted by atomic mass is 16.5. The van der Waals surface area contributed by atoms with E-state index >= 15 is 0 Å². The number of rotatable bonds is 7. The number of nitrogens with zero attached hydrogens (tertiary/aromatic N) is 2. The second-order valence-corrected chi connectivity index (χ2v) is 5.21. The zero-order chi connectivity index (χ0) is 15.1. The number of anilines is 2. The van der Waals surface area contributed by atoms with Crippen LogP contribution < -0.4 is 11.1 Å². The van der Waals surface area contributed by atoms with Crippen LogP contribution in [0.1, 0.15) is 36.5 Å². The molecule has 2 heterocycles. The molecule has 0 spiro atoms. The van der Waals surface area contributed by atoms with Gasteiger partial charge in [-0.2, -0.15) is 0 Å². The molecule has 0 amide bonds. The number of hydrogen-bond donors (Lipinski definition) is 2. The molecule has 21 heavy (non-hydrogen) atoms. The van der Waals surface area contributed by atoms with Gasteiger partial charge in [0, 0.05) is 6.54 Å². The SMILES string of the molecule is CCOC(=O)c1cc(NCCCN2CCCC2)ncc1N. The molecule has 0 unspecified atom stereocenters. The summed E-state index contributed by atoms with van der Waals surface area (Å²) in [6.07, 6.45) is 5.18. The van der Waals surface area contributed by atoms with Crippen molar-refractivity contribution in [2.45, 2.75) is 26.2 Å². The van der Waals surface area contributed by atoms with E-state index < -0.39 is 5.97 Å². The molecule has 3 N–H and O–H groups in total. The maximum atomic E-state index is 11.8. The van der Waals surface area contributed by atoms with Crippen molar-refractivity contribution in [3.8, 4) is 0 Å². The first-order valence-electron chi connectivity index (χ1n) is 7.59. The van der Waals surface area contributed by atoms with Gasteiger partial charge in [0.2, 0.25) is 0 Å². The number of pyridine rings is 1. The van der Waals surface area contributed by atoms with Crippen LogP contribution in [-0.4, -0.2) is 48.6 Å². The molecule has 0 aliphatic carbocycles. The summed E-state index contributed by atoms with van der Waals surface area (Å²) in [7, 11) is 0. The number of nitrogens with two attached hydrogens (primary N) is 1. The van der Waals surface area contributed by atoms with Crippen molar-refractivity contribution in [1.82, 2.24) is 9.88 Å². The van der Waals surface area contributed by atoms with Gasteiger partial charge >= 0.3 is 5.97 Å². The van der Waals surface area contributed by atoms with E-state index in [1.807, 2.05) is 0 Å². The van der Waals surface area contributed by atoms with Gasteiger partial charge in [-0.1, -0.05) is 0 Å². The lowest BCUT2D eigenvalue weighted by Crippen LogP contribution is -2.22. The summed E-state index contributed by atoms with van der Waals surface area (Å²) in [6, 6.07) is 1.66. The molecule has 0 aromatic carbocycles. The van der Waals surface area contributed by atoms with Crippen molar-refractivity contribution in [2.75, 3.05) is 43.8 Å². The van der Waals surface area contributed by atoms with Crippen molar-refractivity contribution in [3.05, 3.63) is 17.8 Å². The Kier molecular flexibility index (Phi) is 5.80. The number of nitrogens with one attached hydrogen (secondary N) is 1. The van der Waals surface area contributed by atoms with E-state index in [-0.39, 0.29) is 0 Å². The summed E-state index contributed by atoms with van der Waals surface area (Å²) in [5, 5.41) is 3.23. The Morgan fingerprint density at radius 3 is 2.95 bits per heavy atom. The average molecular weight is 292 g/mol. The van der Waals surface area contributed by atoms with Crippen LogP contribution in [0, 0.1) is 0 Å². The van der Waals surface area contributed by atoms with Gasteiger partial charge in [-0.3, -0.25) is 0 Å². The first-order valence-corrected chi connectivity index (χ1v) is 7.59. The number of nitrogen functional groups attached to an aromatic ring is 1. The molecule has 2 rings (SSSR count). The highest BCUT2D eigenvalue weighted by molar-refractivity contribution is 5.95. The lowest BCUT2D eigenvalue weighted by Gasteiger charge is -2.14. The van der Waals surface area contributed by atoms with Crippen LogP contribution in [-0.2, 0) is 4.74 Å². The van der Waals surface area contributed by atoms with E-state index in [2.05, 4.69) is 15.2 Å². The Bertz CT molecular complexity index is 473. The Balaban J connectivity index is 1.82. The monoisotopic (exact) mass is 292 g/mol. The first-order chi connectivity index (χ1) is 10.2. The minimum absolute atomic E-state index is 0.333. The van der Waals surface area contributed by atoms with Crippen molar-refractivity contribution in [1.29, 1.82) is 0 Å². The Morgan fingerprint density at radius 2 is 2.24 bits per heavy atom. The predicted octanol–water partition coefficient (Wildman–Crippen LogP) is 1.74. The van der Waals surface area contributed by atoms with Gasteiger partial charge in [0.1, 0.15) is 5.82 Å². The van der Waals surface area contributed by atoms with Crippen LogP contribution in [0.15, 0.2) is 12.3 Å². The lowest BCUT2D eigenvalue weighted by molar-refractivity contribution is 0.0527. The molecule has 1 aliphatic rings. The summed E-state index contributed by atoms with van der Waals surface area (Å²) >= 11 is 0. The molecule has 116 valence electrons. The number of carbonyl (C=O) groups excluding carboxylic acids is 1. The van der Waals surface area contributed by atoms with Crippen LogP contribution in [0.4, 0.5) is 11.5 Å². The third-order valence-electron chi connectivity index (χ3n) is 3.59. The predicted molar refractivity (Wildman–Crippen MR) is 83.4 cm³/mol. The highest BCUT2D eigenvalue weighted by Crippen LogP contribution is 2.16. The third kappa shape index (κ3) is 4.60. The quantitative estimate of drug-likeness (QED) is 0.588. The number of esters is 1. The summed E-state index contributed by atoms with van der Waals surface area (Å²) in [4.78, 5) is 18.4. The Labute approximate surface area is 125 Å². The number of carbonyl (C=O) groups is 1. The molecule has 0 saturated carbocycles. The maximum Gasteiger partial charge on any atom is 0.340 e. The van der Waals surface area contributed by atoms with Crippen molar-refractivity contribution < 1.29 is 9.53 Å². The number of ether oxygens (including phenoxy) is 1. The minimum Gasteiger partial charge on any atom is -0.462 e. The van der Waals surface area contributed by atoms with Gasteiger partial charge in [0.25, 0.3) is 0 Å². The second-order valence-electron chi connectivity index (χ2n) is 5.21. The van der Waals surface area contributed by atoms with Gasteiger partial charge in [-0.15, -0.1) is 0 Å². The molecule has 6 nitrogen and oxygen atoms in total. The molecule has 1 fully saturated rings. The summed E-state index contributed by atoms with van der Waals surface area (Å²) in [5.74, 6) is 0.256. The molecule has 1 saturated heterocycles. The van der Waals surface area contributed by atoms with Gasteiger partial charge in [0.15, 0.2) is 0 Å². The van der Waals surface area contributed by atoms with E-state index in [4.69, 9.17) is 10.5 Å². The first kappa shape index (κ1) is 15.6. The molecule has 6 heteroatoms. The fraction of sp³-hybridized carbons (Fsp3) is 0.600. The third-order valence-corrected chi connectivity index (χ3v) is 3.59. The average Bonchev–Trinajstić information content (AvgIpc) is 2.98. The van der Waals surface area contributed by atoms with E-state index in [1.54, 1.807) is 13.0 Å². The van der Waals surface area contributed by atoms with E-state index in [9.17, 15) is 4.79 Å². The van der Waals surface area contributed by atoms with E-state index in [0.29, 0.717) is 23.7 Å². The maximum absolute atomic E-state index is 11.8. The lowest BCUT2D eigenvalue weighted by atomic mass is 10.2. The van der Waals surface area contributed by atoms with Gasteiger partial charge in [-0.05, 0) is 51.9 Å². The van der Waals surface area contributed by atoms with Crippen LogP contribution in [0.2, 0.25) is 0 Å². The summed E-state index contributed by atoms with van der Waals surface area (Å²) < 4.78 is 4.98. The zero-order valence-electron chi connectivity index (χ0n) is 12.6. The number of aromatic nitrogens is 1. The smallest absolute Gasteiger partial charge is 0.340 e. The molecule has 0 bridgehead atoms. The minimum atomic E-state index is -0.405. The van der Waals surface area contributed by atoms with Crippen LogP contribution in [0.25, 0.3) is 0 Å². The summed E-state index contributed by atoms with van der Waals surface area (Å²) in [5.41, 5.74) is 6.47. The largest absolute Gasteiger partial charge is 0.462 e. The van der Waals surface area contributed by atoms with Crippen LogP contribution in [0.3, 0.4) is 0 Å². The fourth-order valence-corrected chi connectivity index (χ4v) is 2.47. The van der Waals surface area contributed by atoms with Crippen molar-refractivity contribution in [3.63, 3.8) is 0 Å².